The average Bonchev–Trinajstić information content (AvgIpc) is 3.31. The van der Waals surface area contributed by atoms with E-state index in [0.717, 1.165) is 24.4 Å². The lowest BCUT2D eigenvalue weighted by molar-refractivity contribution is 0.107. The third-order valence-corrected chi connectivity index (χ3v) is 5.87. The van der Waals surface area contributed by atoms with Gasteiger partial charge in [-0.2, -0.15) is 0 Å². The van der Waals surface area contributed by atoms with Gasteiger partial charge in [-0.05, 0) is 43.2 Å². The number of hydrogen-bond donors (Lipinski definition) is 1. The molecule has 1 saturated heterocycles. The summed E-state index contributed by atoms with van der Waals surface area (Å²) in [5, 5.41) is 3.83. The van der Waals surface area contributed by atoms with Crippen LogP contribution in [0.25, 0.3) is 0 Å². The van der Waals surface area contributed by atoms with E-state index in [1.54, 1.807) is 0 Å². The maximum Gasteiger partial charge on any atom is 0.0473 e. The second-order valence-corrected chi connectivity index (χ2v) is 7.36. The highest BCUT2D eigenvalue weighted by molar-refractivity contribution is 5.20. The smallest absolute Gasteiger partial charge is 0.0473 e. The van der Waals surface area contributed by atoms with Crippen molar-refractivity contribution >= 4 is 0 Å². The number of piperazine rings is 1. The molecule has 3 fully saturated rings. The molecule has 2 heteroatoms. The first-order valence-corrected chi connectivity index (χ1v) is 8.92. The van der Waals surface area contributed by atoms with Crippen molar-refractivity contribution in [2.24, 2.45) is 11.8 Å². The van der Waals surface area contributed by atoms with Gasteiger partial charge in [0.2, 0.25) is 0 Å². The van der Waals surface area contributed by atoms with Gasteiger partial charge in [0.05, 0.1) is 0 Å². The van der Waals surface area contributed by atoms with Crippen molar-refractivity contribution in [3.8, 4) is 0 Å². The van der Waals surface area contributed by atoms with E-state index in [-0.39, 0.29) is 0 Å². The largest absolute Gasteiger partial charge is 0.311 e. The van der Waals surface area contributed by atoms with E-state index in [0.29, 0.717) is 6.04 Å². The Balaban J connectivity index is 1.44. The standard InChI is InChI=1S/C19H28N2/c1-2-7-17(8-3-1)19-13-20-18(16-9-10-16)14-21(19)12-11-15-5-4-6-15/h1-3,7-8,15-16,18-20H,4-6,9-14H2. The van der Waals surface area contributed by atoms with Gasteiger partial charge < -0.3 is 5.32 Å². The summed E-state index contributed by atoms with van der Waals surface area (Å²) < 4.78 is 0. The van der Waals surface area contributed by atoms with Crippen molar-refractivity contribution in [1.29, 1.82) is 0 Å². The van der Waals surface area contributed by atoms with Crippen molar-refractivity contribution in [2.45, 2.75) is 50.6 Å². The summed E-state index contributed by atoms with van der Waals surface area (Å²) in [6.45, 7) is 3.70. The van der Waals surface area contributed by atoms with Crippen molar-refractivity contribution < 1.29 is 0 Å². The van der Waals surface area contributed by atoms with Crippen LogP contribution in [0.15, 0.2) is 30.3 Å². The zero-order valence-electron chi connectivity index (χ0n) is 13.0. The summed E-state index contributed by atoms with van der Waals surface area (Å²) in [6, 6.07) is 12.5. The van der Waals surface area contributed by atoms with Crippen molar-refractivity contribution in [1.82, 2.24) is 10.2 Å². The predicted octanol–water partition coefficient (Wildman–Crippen LogP) is 3.60. The fourth-order valence-corrected chi connectivity index (χ4v) is 4.03. The minimum absolute atomic E-state index is 0.585. The molecule has 2 atom stereocenters. The average molecular weight is 284 g/mol. The highest BCUT2D eigenvalue weighted by atomic mass is 15.2. The molecule has 114 valence electrons. The first kappa shape index (κ1) is 13.8. The van der Waals surface area contributed by atoms with Crippen LogP contribution in [0.5, 0.6) is 0 Å². The highest BCUT2D eigenvalue weighted by Crippen LogP contribution is 2.37. The second-order valence-electron chi connectivity index (χ2n) is 7.36. The lowest BCUT2D eigenvalue weighted by Crippen LogP contribution is -2.53. The molecule has 2 saturated carbocycles. The molecule has 1 aromatic rings. The lowest BCUT2D eigenvalue weighted by atomic mass is 9.82. The number of rotatable bonds is 5. The van der Waals surface area contributed by atoms with Gasteiger partial charge in [0.1, 0.15) is 0 Å². The fourth-order valence-electron chi connectivity index (χ4n) is 4.03. The van der Waals surface area contributed by atoms with E-state index in [9.17, 15) is 0 Å². The Kier molecular flexibility index (Phi) is 4.00. The maximum atomic E-state index is 3.83. The molecule has 0 amide bonds. The van der Waals surface area contributed by atoms with Crippen molar-refractivity contribution in [3.63, 3.8) is 0 Å². The molecule has 1 N–H and O–H groups in total. The summed E-state index contributed by atoms with van der Waals surface area (Å²) in [6.07, 6.45) is 8.75. The van der Waals surface area contributed by atoms with Crippen LogP contribution < -0.4 is 5.32 Å². The van der Waals surface area contributed by atoms with E-state index in [1.807, 2.05) is 0 Å². The molecule has 4 rings (SSSR count). The Morgan fingerprint density at radius 1 is 1.05 bits per heavy atom. The van der Waals surface area contributed by atoms with Gasteiger partial charge in [-0.3, -0.25) is 4.90 Å². The summed E-state index contributed by atoms with van der Waals surface area (Å²) in [5.74, 6) is 1.99. The van der Waals surface area contributed by atoms with Gasteiger partial charge >= 0.3 is 0 Å². The van der Waals surface area contributed by atoms with Crippen LogP contribution in [0.4, 0.5) is 0 Å². The van der Waals surface area contributed by atoms with Crippen LogP contribution >= 0.6 is 0 Å². The van der Waals surface area contributed by atoms with E-state index in [2.05, 4.69) is 40.5 Å². The Bertz CT molecular complexity index is 450. The molecule has 2 aliphatic carbocycles. The third-order valence-electron chi connectivity index (χ3n) is 5.87. The predicted molar refractivity (Wildman–Crippen MR) is 87.2 cm³/mol. The number of nitrogens with zero attached hydrogens (tertiary/aromatic N) is 1. The number of hydrogen-bond acceptors (Lipinski definition) is 2. The quantitative estimate of drug-likeness (QED) is 0.888. The molecule has 2 nitrogen and oxygen atoms in total. The van der Waals surface area contributed by atoms with Gasteiger partial charge in [0.15, 0.2) is 0 Å². The molecule has 2 unspecified atom stereocenters. The fraction of sp³-hybridized carbons (Fsp3) is 0.684. The Morgan fingerprint density at radius 2 is 1.86 bits per heavy atom. The molecule has 1 aromatic carbocycles. The molecule has 0 bridgehead atoms. The van der Waals surface area contributed by atoms with E-state index >= 15 is 0 Å². The first-order valence-electron chi connectivity index (χ1n) is 8.92. The Labute approximate surface area is 128 Å². The van der Waals surface area contributed by atoms with Crippen LogP contribution in [0.2, 0.25) is 0 Å². The SMILES string of the molecule is c1ccc(C2CNC(C3CC3)CN2CCC2CCC2)cc1. The molecule has 0 aromatic heterocycles. The highest BCUT2D eigenvalue weighted by Gasteiger charge is 2.37. The lowest BCUT2D eigenvalue weighted by Gasteiger charge is -2.42. The Morgan fingerprint density at radius 3 is 2.52 bits per heavy atom. The number of nitrogens with one attached hydrogen (secondary N) is 1. The molecule has 1 aliphatic heterocycles. The number of benzene rings is 1. The van der Waals surface area contributed by atoms with E-state index in [4.69, 9.17) is 0 Å². The molecular formula is C19H28N2. The normalized spacial score (nSPS) is 31.0. The molecule has 21 heavy (non-hydrogen) atoms. The van der Waals surface area contributed by atoms with Crippen LogP contribution in [0.3, 0.4) is 0 Å². The summed E-state index contributed by atoms with van der Waals surface area (Å²) in [5.41, 5.74) is 1.49. The zero-order valence-corrected chi connectivity index (χ0v) is 13.0. The summed E-state index contributed by atoms with van der Waals surface area (Å²) >= 11 is 0. The molecule has 0 spiro atoms. The topological polar surface area (TPSA) is 15.3 Å². The minimum atomic E-state index is 0.585. The molecule has 0 radical (unpaired) electrons. The van der Waals surface area contributed by atoms with Crippen LogP contribution in [-0.4, -0.2) is 30.6 Å². The van der Waals surface area contributed by atoms with Crippen LogP contribution in [0.1, 0.15) is 50.1 Å². The third kappa shape index (κ3) is 3.17. The van der Waals surface area contributed by atoms with Crippen LogP contribution in [0, 0.1) is 11.8 Å². The van der Waals surface area contributed by atoms with Gasteiger partial charge in [0, 0.05) is 25.2 Å². The van der Waals surface area contributed by atoms with Gasteiger partial charge in [-0.25, -0.2) is 0 Å². The zero-order chi connectivity index (χ0) is 14.1. The van der Waals surface area contributed by atoms with Gasteiger partial charge in [-0.15, -0.1) is 0 Å². The van der Waals surface area contributed by atoms with Crippen molar-refractivity contribution in [2.75, 3.05) is 19.6 Å². The minimum Gasteiger partial charge on any atom is -0.311 e. The molecule has 1 heterocycles. The monoisotopic (exact) mass is 284 g/mol. The second kappa shape index (κ2) is 6.10. The van der Waals surface area contributed by atoms with Crippen molar-refractivity contribution in [3.05, 3.63) is 35.9 Å². The molecular weight excluding hydrogens is 256 g/mol. The molecule has 3 aliphatic rings. The summed E-state index contributed by atoms with van der Waals surface area (Å²) in [4.78, 5) is 2.78. The van der Waals surface area contributed by atoms with Crippen LogP contribution in [-0.2, 0) is 0 Å². The summed E-state index contributed by atoms with van der Waals surface area (Å²) in [7, 11) is 0. The first-order chi connectivity index (χ1) is 10.4. The maximum absolute atomic E-state index is 3.83. The van der Waals surface area contributed by atoms with E-state index in [1.165, 1.54) is 57.2 Å². The van der Waals surface area contributed by atoms with Gasteiger partial charge in [-0.1, -0.05) is 49.6 Å². The van der Waals surface area contributed by atoms with E-state index < -0.39 is 0 Å². The van der Waals surface area contributed by atoms with Gasteiger partial charge in [0.25, 0.3) is 0 Å². The Hall–Kier alpha value is -0.860.